The number of primary amides is 1. The number of rotatable bonds is 4. The van der Waals surface area contributed by atoms with Crippen LogP contribution in [-0.2, 0) is 6.54 Å². The largest absolute Gasteiger partial charge is 0.366 e. The summed E-state index contributed by atoms with van der Waals surface area (Å²) in [6, 6.07) is 26.8. The summed E-state index contributed by atoms with van der Waals surface area (Å²) in [5, 5.41) is 2.79. The number of carbonyl (C=O) groups is 1. The molecule has 0 saturated carbocycles. The quantitative estimate of drug-likeness (QED) is 0.226. The first kappa shape index (κ1) is 21.3. The third-order valence-electron chi connectivity index (χ3n) is 5.57. The van der Waals surface area contributed by atoms with Gasteiger partial charge < -0.3 is 10.3 Å². The van der Waals surface area contributed by atoms with E-state index in [1.54, 1.807) is 6.07 Å². The molecule has 3 nitrogen and oxygen atoms in total. The highest BCUT2D eigenvalue weighted by molar-refractivity contribution is 14.1. The topological polar surface area (TPSA) is 48.0 Å². The Morgan fingerprint density at radius 2 is 1.66 bits per heavy atom. The highest BCUT2D eigenvalue weighted by atomic mass is 127. The Morgan fingerprint density at radius 1 is 0.969 bits per heavy atom. The smallest absolute Gasteiger partial charge is 0.249 e. The number of halogens is 3. The number of aromatic nitrogens is 1. The van der Waals surface area contributed by atoms with Crippen molar-refractivity contribution in [1.29, 1.82) is 0 Å². The van der Waals surface area contributed by atoms with E-state index in [9.17, 15) is 4.79 Å². The molecule has 0 atom stereocenters. The Labute approximate surface area is 208 Å². The van der Waals surface area contributed by atoms with Crippen LogP contribution in [0, 0.1) is 9.64 Å². The molecular weight excluding hydrogens is 554 g/mol. The number of amides is 1. The molecule has 0 bridgehead atoms. The summed E-state index contributed by atoms with van der Waals surface area (Å²) in [5.41, 5.74) is 10.8. The zero-order valence-corrected chi connectivity index (χ0v) is 20.4. The molecule has 32 heavy (non-hydrogen) atoms. The summed E-state index contributed by atoms with van der Waals surface area (Å²) in [6.45, 7) is 0.632. The maximum absolute atomic E-state index is 12.2. The van der Waals surface area contributed by atoms with Crippen molar-refractivity contribution in [3.63, 3.8) is 0 Å². The van der Waals surface area contributed by atoms with E-state index >= 15 is 0 Å². The van der Waals surface area contributed by atoms with Crippen LogP contribution in [-0.4, -0.2) is 10.5 Å². The Morgan fingerprint density at radius 3 is 2.34 bits per heavy atom. The van der Waals surface area contributed by atoms with Gasteiger partial charge in [-0.05, 0) is 88.3 Å². The fourth-order valence-corrected chi connectivity index (χ4v) is 5.10. The monoisotopic (exact) mass is 569 g/mol. The van der Waals surface area contributed by atoms with Crippen LogP contribution in [0.5, 0.6) is 0 Å². The third kappa shape index (κ3) is 3.66. The molecule has 1 aromatic heterocycles. The highest BCUT2D eigenvalue weighted by Crippen LogP contribution is 2.39. The van der Waals surface area contributed by atoms with Crippen molar-refractivity contribution in [3.8, 4) is 11.1 Å². The van der Waals surface area contributed by atoms with E-state index in [1.807, 2.05) is 36.4 Å². The molecule has 1 amide bonds. The van der Waals surface area contributed by atoms with Gasteiger partial charge >= 0.3 is 0 Å². The van der Waals surface area contributed by atoms with Crippen molar-refractivity contribution in [2.24, 2.45) is 5.73 Å². The Hall–Kier alpha value is -2.54. The van der Waals surface area contributed by atoms with Gasteiger partial charge in [0, 0.05) is 42.1 Å². The van der Waals surface area contributed by atoms with Crippen molar-refractivity contribution in [1.82, 2.24) is 4.57 Å². The lowest BCUT2D eigenvalue weighted by Crippen LogP contribution is -2.11. The number of carbonyl (C=O) groups excluding carboxylic acids is 1. The van der Waals surface area contributed by atoms with Gasteiger partial charge in [-0.15, -0.1) is 0 Å². The minimum Gasteiger partial charge on any atom is -0.366 e. The van der Waals surface area contributed by atoms with E-state index in [1.165, 1.54) is 3.57 Å². The van der Waals surface area contributed by atoms with Crippen LogP contribution in [0.2, 0.25) is 10.0 Å². The predicted octanol–water partition coefficient (Wildman–Crippen LogP) is 7.32. The first-order chi connectivity index (χ1) is 15.4. The van der Waals surface area contributed by atoms with E-state index < -0.39 is 5.91 Å². The van der Waals surface area contributed by atoms with Gasteiger partial charge in [-0.3, -0.25) is 4.79 Å². The van der Waals surface area contributed by atoms with Gasteiger partial charge in [-0.25, -0.2) is 0 Å². The average Bonchev–Trinajstić information content (AvgIpc) is 3.08. The molecule has 0 spiro atoms. The molecule has 4 aromatic carbocycles. The van der Waals surface area contributed by atoms with Crippen molar-refractivity contribution in [3.05, 3.63) is 104 Å². The second-order valence-corrected chi connectivity index (χ2v) is 9.58. The molecule has 0 aliphatic rings. The van der Waals surface area contributed by atoms with Crippen LogP contribution in [0.1, 0.15) is 15.9 Å². The Bertz CT molecular complexity index is 1490. The molecule has 5 rings (SSSR count). The lowest BCUT2D eigenvalue weighted by atomic mass is 10.0. The minimum absolute atomic E-state index is 0.462. The van der Waals surface area contributed by atoms with E-state index in [0.29, 0.717) is 22.2 Å². The lowest BCUT2D eigenvalue weighted by molar-refractivity contribution is 0.100. The van der Waals surface area contributed by atoms with Gasteiger partial charge in [-0.1, -0.05) is 47.5 Å². The fourth-order valence-electron chi connectivity index (χ4n) is 4.12. The summed E-state index contributed by atoms with van der Waals surface area (Å²) in [5.74, 6) is -0.462. The number of benzene rings is 4. The molecule has 157 valence electrons. The number of nitrogens with zero attached hydrogens (tertiary/aromatic N) is 1. The molecule has 1 heterocycles. The second kappa shape index (κ2) is 8.43. The van der Waals surface area contributed by atoms with Crippen LogP contribution in [0.25, 0.3) is 32.9 Å². The average molecular weight is 570 g/mol. The molecule has 0 unspecified atom stereocenters. The summed E-state index contributed by atoms with van der Waals surface area (Å²) >= 11 is 15.3. The van der Waals surface area contributed by atoms with Gasteiger partial charge in [-0.2, -0.15) is 0 Å². The van der Waals surface area contributed by atoms with Gasteiger partial charge in [0.15, 0.2) is 0 Å². The maximum Gasteiger partial charge on any atom is 0.249 e. The molecule has 2 N–H and O–H groups in total. The van der Waals surface area contributed by atoms with Crippen molar-refractivity contribution >= 4 is 73.5 Å². The van der Waals surface area contributed by atoms with Crippen molar-refractivity contribution < 1.29 is 4.79 Å². The molecule has 1 radical (unpaired) electrons. The second-order valence-electron chi connectivity index (χ2n) is 7.52. The molecule has 0 aliphatic carbocycles. The fraction of sp³-hybridized carbons (Fsp3) is 0.0385. The number of hydrogen-bond donors (Lipinski definition) is 1. The van der Waals surface area contributed by atoms with Crippen molar-refractivity contribution in [2.45, 2.75) is 6.54 Å². The van der Waals surface area contributed by atoms with Crippen molar-refractivity contribution in [2.75, 3.05) is 0 Å². The standard InChI is InChI=1S/C26H16Cl2IN2O/c27-20-4-2-5-21(28)24(20)16-9-12-18-23(13-16)31(14-15-7-10-17(29)11-8-15)22-6-1-3-19(25(18)22)26(30)32/h1-11,13H,14H2,(H2,30,32). The van der Waals surface area contributed by atoms with Gasteiger partial charge in [0.05, 0.1) is 11.0 Å². The zero-order valence-electron chi connectivity index (χ0n) is 16.7. The van der Waals surface area contributed by atoms with Crippen LogP contribution in [0.4, 0.5) is 0 Å². The van der Waals surface area contributed by atoms with E-state index in [2.05, 4.69) is 63.6 Å². The SMILES string of the molecule is NC(=O)c1cccc2c1c1[c]cc(-c3c(Cl)cccc3Cl)cc1n2Cc1ccc(I)cc1. The van der Waals surface area contributed by atoms with Crippen LogP contribution >= 0.6 is 45.8 Å². The third-order valence-corrected chi connectivity index (χ3v) is 6.91. The number of nitrogens with two attached hydrogens (primary N) is 1. The summed E-state index contributed by atoms with van der Waals surface area (Å²) < 4.78 is 3.36. The number of fused-ring (bicyclic) bond motifs is 3. The maximum atomic E-state index is 12.2. The Balaban J connectivity index is 1.82. The van der Waals surface area contributed by atoms with Gasteiger partial charge in [0.25, 0.3) is 0 Å². The summed E-state index contributed by atoms with van der Waals surface area (Å²) in [7, 11) is 0. The molecule has 5 aromatic rings. The van der Waals surface area contributed by atoms with E-state index in [4.69, 9.17) is 28.9 Å². The summed E-state index contributed by atoms with van der Waals surface area (Å²) in [4.78, 5) is 12.2. The van der Waals surface area contributed by atoms with E-state index in [0.717, 1.165) is 38.5 Å². The normalized spacial score (nSPS) is 11.3. The molecule has 0 aliphatic heterocycles. The molecular formula is C26H16Cl2IN2O. The summed E-state index contributed by atoms with van der Waals surface area (Å²) in [6.07, 6.45) is 0. The first-order valence-electron chi connectivity index (χ1n) is 9.89. The van der Waals surface area contributed by atoms with Gasteiger partial charge in [0.2, 0.25) is 5.91 Å². The Kier molecular flexibility index (Phi) is 5.61. The van der Waals surface area contributed by atoms with Crippen LogP contribution in [0.3, 0.4) is 0 Å². The molecule has 0 saturated heterocycles. The minimum atomic E-state index is -0.462. The first-order valence-corrected chi connectivity index (χ1v) is 11.7. The van der Waals surface area contributed by atoms with Gasteiger partial charge in [0.1, 0.15) is 0 Å². The van der Waals surface area contributed by atoms with E-state index in [-0.39, 0.29) is 0 Å². The highest BCUT2D eigenvalue weighted by Gasteiger charge is 2.18. The molecule has 6 heteroatoms. The molecule has 0 fully saturated rings. The lowest BCUT2D eigenvalue weighted by Gasteiger charge is -2.11. The zero-order chi connectivity index (χ0) is 22.4. The predicted molar refractivity (Wildman–Crippen MR) is 141 cm³/mol. The van der Waals surface area contributed by atoms with Crippen LogP contribution in [0.15, 0.2) is 72.8 Å². The van der Waals surface area contributed by atoms with Crippen LogP contribution < -0.4 is 5.73 Å². The number of hydrogen-bond acceptors (Lipinski definition) is 1.